The van der Waals surface area contributed by atoms with Crippen molar-refractivity contribution < 1.29 is 5.11 Å². The minimum atomic E-state index is -0.786. The summed E-state index contributed by atoms with van der Waals surface area (Å²) in [7, 11) is 0. The van der Waals surface area contributed by atoms with Crippen LogP contribution in [0.15, 0.2) is 93.4 Å². The Morgan fingerprint density at radius 1 is 0.906 bits per heavy atom. The SMILES string of the molecule is O=c1[nH]c(=O)n(-c2ccccc2Cl)c(O)c1/C=C1/C(c2ccccc2)=Nc2ccccc21. The zero-order chi connectivity index (χ0) is 22.2. The monoisotopic (exact) mass is 441 g/mol. The van der Waals surface area contributed by atoms with Crippen LogP contribution in [-0.4, -0.2) is 20.4 Å². The molecule has 0 fully saturated rings. The van der Waals surface area contributed by atoms with Crippen LogP contribution in [0.1, 0.15) is 16.7 Å². The van der Waals surface area contributed by atoms with Gasteiger partial charge in [-0.15, -0.1) is 0 Å². The summed E-state index contributed by atoms with van der Waals surface area (Å²) in [4.78, 5) is 32.3. The summed E-state index contributed by atoms with van der Waals surface area (Å²) >= 11 is 6.24. The zero-order valence-corrected chi connectivity index (χ0v) is 17.4. The van der Waals surface area contributed by atoms with Gasteiger partial charge in [-0.25, -0.2) is 14.4 Å². The zero-order valence-electron chi connectivity index (χ0n) is 16.6. The lowest BCUT2D eigenvalue weighted by Crippen LogP contribution is -2.30. The van der Waals surface area contributed by atoms with Crippen LogP contribution in [-0.2, 0) is 0 Å². The number of aromatic amines is 1. The smallest absolute Gasteiger partial charge is 0.335 e. The molecule has 7 heteroatoms. The fraction of sp³-hybridized carbons (Fsp3) is 0. The first-order chi connectivity index (χ1) is 15.5. The van der Waals surface area contributed by atoms with Crippen LogP contribution in [0.2, 0.25) is 5.02 Å². The Labute approximate surface area is 187 Å². The van der Waals surface area contributed by atoms with Gasteiger partial charge in [0.05, 0.1) is 22.1 Å². The molecule has 2 heterocycles. The molecule has 0 atom stereocenters. The van der Waals surface area contributed by atoms with Gasteiger partial charge in [0, 0.05) is 16.7 Å². The maximum absolute atomic E-state index is 12.7. The van der Waals surface area contributed by atoms with E-state index in [4.69, 9.17) is 16.6 Å². The molecule has 5 rings (SSSR count). The van der Waals surface area contributed by atoms with Gasteiger partial charge < -0.3 is 5.11 Å². The number of hydrogen-bond acceptors (Lipinski definition) is 4. The molecule has 2 N–H and O–H groups in total. The van der Waals surface area contributed by atoms with Crippen molar-refractivity contribution in [3.8, 4) is 11.6 Å². The highest BCUT2D eigenvalue weighted by Crippen LogP contribution is 2.38. The van der Waals surface area contributed by atoms with E-state index in [9.17, 15) is 14.7 Å². The van der Waals surface area contributed by atoms with Crippen molar-refractivity contribution >= 4 is 34.6 Å². The van der Waals surface area contributed by atoms with Gasteiger partial charge in [0.2, 0.25) is 5.88 Å². The number of fused-ring (bicyclic) bond motifs is 1. The molecule has 0 saturated heterocycles. The topological polar surface area (TPSA) is 87.5 Å². The second-order valence-corrected chi connectivity index (χ2v) is 7.59. The van der Waals surface area contributed by atoms with Gasteiger partial charge in [0.25, 0.3) is 5.56 Å². The standard InChI is InChI=1S/C25H16ClN3O3/c26-19-11-5-7-13-21(19)29-24(31)18(23(30)28-25(29)32)14-17-16-10-4-6-12-20(16)27-22(17)15-8-2-1-3-9-15/h1-14,31H,(H,28,30,32)/b17-14+. The Kier molecular flexibility index (Phi) is 4.84. The summed E-state index contributed by atoms with van der Waals surface area (Å²) < 4.78 is 0.982. The first-order valence-corrected chi connectivity index (χ1v) is 10.2. The lowest BCUT2D eigenvalue weighted by atomic mass is 9.96. The van der Waals surface area contributed by atoms with Crippen LogP contribution in [0, 0.1) is 0 Å². The minimum Gasteiger partial charge on any atom is -0.494 e. The molecule has 0 radical (unpaired) electrons. The number of nitrogens with zero attached hydrogens (tertiary/aromatic N) is 2. The summed E-state index contributed by atoms with van der Waals surface area (Å²) in [5, 5.41) is 11.3. The Morgan fingerprint density at radius 2 is 1.59 bits per heavy atom. The summed E-state index contributed by atoms with van der Waals surface area (Å²) in [5.41, 5.74) is 2.47. The number of H-pyrrole nitrogens is 1. The molecule has 0 unspecified atom stereocenters. The molecule has 1 aliphatic rings. The second-order valence-electron chi connectivity index (χ2n) is 7.18. The number of benzene rings is 3. The average molecular weight is 442 g/mol. The Hall–Kier alpha value is -4.16. The predicted molar refractivity (Wildman–Crippen MR) is 126 cm³/mol. The Bertz CT molecular complexity index is 1530. The van der Waals surface area contributed by atoms with E-state index in [0.29, 0.717) is 11.3 Å². The molecule has 1 aliphatic heterocycles. The predicted octanol–water partition coefficient (Wildman–Crippen LogP) is 4.56. The Balaban J connectivity index is 1.77. The molecule has 4 aromatic rings. The number of aliphatic imine (C=N–C) groups is 1. The van der Waals surface area contributed by atoms with Gasteiger partial charge in [-0.05, 0) is 24.3 Å². The summed E-state index contributed by atoms with van der Waals surface area (Å²) in [5.74, 6) is -0.504. The normalized spacial score (nSPS) is 13.8. The van der Waals surface area contributed by atoms with Crippen molar-refractivity contribution in [2.75, 3.05) is 0 Å². The molecule has 156 valence electrons. The molecular weight excluding hydrogens is 426 g/mol. The molecule has 0 bridgehead atoms. The van der Waals surface area contributed by atoms with Crippen molar-refractivity contribution in [1.29, 1.82) is 0 Å². The van der Waals surface area contributed by atoms with E-state index in [1.54, 1.807) is 30.3 Å². The largest absolute Gasteiger partial charge is 0.494 e. The lowest BCUT2D eigenvalue weighted by molar-refractivity contribution is 0.429. The first-order valence-electron chi connectivity index (χ1n) is 9.83. The quantitative estimate of drug-likeness (QED) is 0.488. The minimum absolute atomic E-state index is 0.0696. The number of aromatic hydroxyl groups is 1. The first kappa shape index (κ1) is 19.8. The van der Waals surface area contributed by atoms with Gasteiger partial charge in [-0.1, -0.05) is 72.3 Å². The molecular formula is C25H16ClN3O3. The maximum Gasteiger partial charge on any atom is 0.335 e. The molecule has 0 spiro atoms. The Morgan fingerprint density at radius 3 is 2.38 bits per heavy atom. The molecule has 0 saturated carbocycles. The fourth-order valence-corrected chi connectivity index (χ4v) is 3.96. The van der Waals surface area contributed by atoms with Crippen LogP contribution in [0.3, 0.4) is 0 Å². The van der Waals surface area contributed by atoms with E-state index in [2.05, 4.69) is 4.98 Å². The third kappa shape index (κ3) is 3.27. The van der Waals surface area contributed by atoms with E-state index in [0.717, 1.165) is 21.4 Å². The molecule has 6 nitrogen and oxygen atoms in total. The number of nitrogens with one attached hydrogen (secondary N) is 1. The van der Waals surface area contributed by atoms with Crippen molar-refractivity contribution in [3.63, 3.8) is 0 Å². The van der Waals surface area contributed by atoms with E-state index in [1.165, 1.54) is 0 Å². The van der Waals surface area contributed by atoms with E-state index in [-0.39, 0.29) is 16.3 Å². The maximum atomic E-state index is 12.7. The van der Waals surface area contributed by atoms with Crippen molar-refractivity contribution in [3.05, 3.63) is 121 Å². The molecule has 1 aromatic heterocycles. The van der Waals surface area contributed by atoms with Gasteiger partial charge in [-0.3, -0.25) is 9.78 Å². The highest BCUT2D eigenvalue weighted by molar-refractivity contribution is 6.39. The number of allylic oxidation sites excluding steroid dienone is 1. The molecule has 32 heavy (non-hydrogen) atoms. The van der Waals surface area contributed by atoms with Crippen LogP contribution in [0.25, 0.3) is 17.3 Å². The molecule has 0 amide bonds. The van der Waals surface area contributed by atoms with Gasteiger partial charge in [-0.2, -0.15) is 0 Å². The highest BCUT2D eigenvalue weighted by Gasteiger charge is 2.24. The summed E-state index contributed by atoms with van der Waals surface area (Å²) in [6.45, 7) is 0. The number of para-hydroxylation sites is 2. The van der Waals surface area contributed by atoms with Gasteiger partial charge >= 0.3 is 5.69 Å². The number of rotatable bonds is 3. The average Bonchev–Trinajstić information content (AvgIpc) is 3.17. The lowest BCUT2D eigenvalue weighted by Gasteiger charge is -2.12. The number of halogens is 1. The van der Waals surface area contributed by atoms with Gasteiger partial charge in [0.1, 0.15) is 5.56 Å². The molecule has 3 aromatic carbocycles. The summed E-state index contributed by atoms with van der Waals surface area (Å²) in [6, 6.07) is 23.7. The van der Waals surface area contributed by atoms with E-state index >= 15 is 0 Å². The van der Waals surface area contributed by atoms with Crippen molar-refractivity contribution in [2.24, 2.45) is 4.99 Å². The van der Waals surface area contributed by atoms with E-state index in [1.807, 2.05) is 54.6 Å². The highest BCUT2D eigenvalue weighted by atomic mass is 35.5. The van der Waals surface area contributed by atoms with Crippen LogP contribution in [0.4, 0.5) is 5.69 Å². The van der Waals surface area contributed by atoms with Crippen molar-refractivity contribution in [2.45, 2.75) is 0 Å². The number of aromatic nitrogens is 2. The second kappa shape index (κ2) is 7.83. The third-order valence-electron chi connectivity index (χ3n) is 5.23. The summed E-state index contributed by atoms with van der Waals surface area (Å²) in [6.07, 6.45) is 1.55. The third-order valence-corrected chi connectivity index (χ3v) is 5.55. The number of hydrogen-bond donors (Lipinski definition) is 2. The van der Waals surface area contributed by atoms with Crippen LogP contribution >= 0.6 is 11.6 Å². The van der Waals surface area contributed by atoms with E-state index < -0.39 is 17.1 Å². The van der Waals surface area contributed by atoms with Crippen LogP contribution in [0.5, 0.6) is 5.88 Å². The van der Waals surface area contributed by atoms with Crippen LogP contribution < -0.4 is 11.2 Å². The fourth-order valence-electron chi connectivity index (χ4n) is 3.74. The van der Waals surface area contributed by atoms with Crippen molar-refractivity contribution in [1.82, 2.24) is 9.55 Å². The van der Waals surface area contributed by atoms with Gasteiger partial charge in [0.15, 0.2) is 0 Å². The molecule has 0 aliphatic carbocycles.